The smallest absolute Gasteiger partial charge is 0.302 e. The summed E-state index contributed by atoms with van der Waals surface area (Å²) in [6.07, 6.45) is 8.37. The highest BCUT2D eigenvalue weighted by molar-refractivity contribution is 5.93. The fourth-order valence-corrected chi connectivity index (χ4v) is 9.79. The van der Waals surface area contributed by atoms with E-state index < -0.39 is 18.2 Å². The molecule has 4 saturated carbocycles. The van der Waals surface area contributed by atoms with Crippen molar-refractivity contribution in [1.82, 2.24) is 10.2 Å². The molecule has 4 aliphatic carbocycles. The molecule has 4 rings (SSSR count). The molecular weight excluding hydrogens is 492 g/mol. The fourth-order valence-electron chi connectivity index (χ4n) is 9.79. The van der Waals surface area contributed by atoms with E-state index in [9.17, 15) is 14.4 Å². The predicted octanol–water partition coefficient (Wildman–Crippen LogP) is 5.13. The Morgan fingerprint density at radius 2 is 1.51 bits per heavy atom. The Labute approximate surface area is 235 Å². The third kappa shape index (κ3) is 5.29. The van der Waals surface area contributed by atoms with Crippen LogP contribution >= 0.6 is 0 Å². The number of esters is 2. The second-order valence-corrected chi connectivity index (χ2v) is 13.9. The number of ether oxygens (including phenoxy) is 2. The van der Waals surface area contributed by atoms with Gasteiger partial charge in [-0.2, -0.15) is 0 Å². The van der Waals surface area contributed by atoms with Crippen molar-refractivity contribution in [2.24, 2.45) is 40.4 Å². The van der Waals surface area contributed by atoms with Crippen LogP contribution in [0.5, 0.6) is 0 Å². The highest BCUT2D eigenvalue weighted by Gasteiger charge is 2.64. The molecule has 4 aliphatic rings. The second kappa shape index (κ2) is 11.2. The minimum Gasteiger partial charge on any atom is -0.460 e. The second-order valence-electron chi connectivity index (χ2n) is 13.9. The number of hydrogen-bond donors (Lipinski definition) is 1. The largest absolute Gasteiger partial charge is 0.460 e. The Hall–Kier alpha value is -1.89. The van der Waals surface area contributed by atoms with Crippen molar-refractivity contribution in [1.29, 1.82) is 0 Å². The van der Waals surface area contributed by atoms with Crippen LogP contribution in [0.15, 0.2) is 11.6 Å². The number of hydrogen-bond acceptors (Lipinski definition) is 6. The van der Waals surface area contributed by atoms with E-state index in [0.29, 0.717) is 47.1 Å². The van der Waals surface area contributed by atoms with Crippen LogP contribution in [0, 0.1) is 40.4 Å². The molecule has 0 aromatic carbocycles. The number of fused-ring (bicyclic) bond motifs is 5. The zero-order valence-electron chi connectivity index (χ0n) is 25.7. The van der Waals surface area contributed by atoms with Crippen LogP contribution in [0.2, 0.25) is 0 Å². The Balaban J connectivity index is 1.68. The number of rotatable bonds is 6. The molecule has 0 saturated heterocycles. The van der Waals surface area contributed by atoms with Gasteiger partial charge in [0.05, 0.1) is 0 Å². The lowest BCUT2D eigenvalue weighted by Crippen LogP contribution is -2.67. The summed E-state index contributed by atoms with van der Waals surface area (Å²) in [6, 6.07) is -0.00895. The third-order valence-corrected chi connectivity index (χ3v) is 11.9. The monoisotopic (exact) mass is 544 g/mol. The highest BCUT2D eigenvalue weighted by atomic mass is 16.6. The first-order valence-corrected chi connectivity index (χ1v) is 15.2. The molecule has 0 aromatic rings. The molecule has 7 nitrogen and oxygen atoms in total. The molecule has 4 fully saturated rings. The van der Waals surface area contributed by atoms with Crippen molar-refractivity contribution in [3.05, 3.63) is 11.6 Å². The van der Waals surface area contributed by atoms with Gasteiger partial charge in [0.25, 0.3) is 0 Å². The maximum atomic E-state index is 13.0. The van der Waals surface area contributed by atoms with Crippen LogP contribution in [-0.4, -0.2) is 61.1 Å². The SMILES string of the molecule is CC=C(C)C(=O)N[C@@H]1[C@H](OC(C)=O)[C@@H]2CC[C@@H]3[C@H](CC[C@]4(C)[C@@H]([C@H](C)N(C)C)CC[C@@H]34)[C@@]2(C)C[C@H]1OC(C)=O. The fraction of sp³-hybridized carbons (Fsp3) is 0.844. The lowest BCUT2D eigenvalue weighted by molar-refractivity contribution is -0.204. The number of nitrogens with one attached hydrogen (secondary N) is 1. The molecule has 0 spiro atoms. The van der Waals surface area contributed by atoms with E-state index in [-0.39, 0.29) is 29.2 Å². The average Bonchev–Trinajstić information content (AvgIpc) is 3.21. The van der Waals surface area contributed by atoms with Gasteiger partial charge in [0.1, 0.15) is 18.2 Å². The predicted molar refractivity (Wildman–Crippen MR) is 152 cm³/mol. The number of allylic oxidation sites excluding steroid dienone is 1. The van der Waals surface area contributed by atoms with Crippen LogP contribution < -0.4 is 5.32 Å². The van der Waals surface area contributed by atoms with Crippen molar-refractivity contribution in [2.45, 2.75) is 118 Å². The number of carbonyl (C=O) groups excluding carboxylic acids is 3. The minimum atomic E-state index is -0.569. The van der Waals surface area contributed by atoms with E-state index in [0.717, 1.165) is 19.3 Å². The minimum absolute atomic E-state index is 0.105. The quantitative estimate of drug-likeness (QED) is 0.369. The summed E-state index contributed by atoms with van der Waals surface area (Å²) >= 11 is 0. The summed E-state index contributed by atoms with van der Waals surface area (Å²) in [6.45, 7) is 13.7. The van der Waals surface area contributed by atoms with Crippen molar-refractivity contribution < 1.29 is 23.9 Å². The third-order valence-electron chi connectivity index (χ3n) is 11.9. The van der Waals surface area contributed by atoms with Crippen molar-refractivity contribution in [3.8, 4) is 0 Å². The average molecular weight is 545 g/mol. The topological polar surface area (TPSA) is 84.9 Å². The number of carbonyl (C=O) groups is 3. The highest BCUT2D eigenvalue weighted by Crippen LogP contribution is 2.68. The zero-order valence-corrected chi connectivity index (χ0v) is 25.7. The molecule has 1 amide bonds. The van der Waals surface area contributed by atoms with Gasteiger partial charge in [-0.1, -0.05) is 19.9 Å². The maximum absolute atomic E-state index is 13.0. The molecular formula is C32H52N2O5. The summed E-state index contributed by atoms with van der Waals surface area (Å²) in [5.41, 5.74) is 0.782. The number of amides is 1. The molecule has 0 aliphatic heterocycles. The summed E-state index contributed by atoms with van der Waals surface area (Å²) in [7, 11) is 4.41. The first kappa shape index (κ1) is 30.1. The van der Waals surface area contributed by atoms with Gasteiger partial charge in [0.15, 0.2) is 0 Å². The van der Waals surface area contributed by atoms with Gasteiger partial charge in [0.2, 0.25) is 5.91 Å². The molecule has 0 unspecified atom stereocenters. The van der Waals surface area contributed by atoms with E-state index in [1.54, 1.807) is 13.0 Å². The number of nitrogens with zero attached hydrogens (tertiary/aromatic N) is 1. The molecule has 0 heterocycles. The van der Waals surface area contributed by atoms with E-state index in [1.807, 2.05) is 6.92 Å². The summed E-state index contributed by atoms with van der Waals surface area (Å²) < 4.78 is 12.0. The first-order valence-electron chi connectivity index (χ1n) is 15.2. The van der Waals surface area contributed by atoms with Gasteiger partial charge < -0.3 is 19.7 Å². The van der Waals surface area contributed by atoms with Gasteiger partial charge in [0, 0.05) is 31.4 Å². The van der Waals surface area contributed by atoms with Gasteiger partial charge in [-0.05, 0) is 114 Å². The van der Waals surface area contributed by atoms with Gasteiger partial charge in [-0.3, -0.25) is 14.4 Å². The Bertz CT molecular complexity index is 993. The molecule has 39 heavy (non-hydrogen) atoms. The van der Waals surface area contributed by atoms with E-state index in [2.05, 4.69) is 45.1 Å². The Kier molecular flexibility index (Phi) is 8.62. The Morgan fingerprint density at radius 1 is 0.897 bits per heavy atom. The molecule has 1 N–H and O–H groups in total. The molecule has 220 valence electrons. The van der Waals surface area contributed by atoms with Gasteiger partial charge in [-0.25, -0.2) is 0 Å². The van der Waals surface area contributed by atoms with Crippen LogP contribution in [0.1, 0.15) is 93.4 Å². The molecule has 0 aromatic heterocycles. The molecule has 0 bridgehead atoms. The Morgan fingerprint density at radius 3 is 2.10 bits per heavy atom. The molecule has 11 atom stereocenters. The summed E-state index contributed by atoms with van der Waals surface area (Å²) in [5, 5.41) is 3.11. The zero-order chi connectivity index (χ0) is 28.9. The van der Waals surface area contributed by atoms with Crippen LogP contribution in [0.4, 0.5) is 0 Å². The van der Waals surface area contributed by atoms with Crippen molar-refractivity contribution in [3.63, 3.8) is 0 Å². The normalized spacial score (nSPS) is 42.6. The van der Waals surface area contributed by atoms with E-state index >= 15 is 0 Å². The summed E-state index contributed by atoms with van der Waals surface area (Å²) in [4.78, 5) is 40.1. The van der Waals surface area contributed by atoms with Gasteiger partial charge in [-0.15, -0.1) is 0 Å². The van der Waals surface area contributed by atoms with Crippen LogP contribution in [0.25, 0.3) is 0 Å². The molecule has 7 heteroatoms. The lowest BCUT2D eigenvalue weighted by Gasteiger charge is -2.63. The van der Waals surface area contributed by atoms with Crippen molar-refractivity contribution >= 4 is 17.8 Å². The van der Waals surface area contributed by atoms with E-state index in [4.69, 9.17) is 9.47 Å². The van der Waals surface area contributed by atoms with Crippen LogP contribution in [0.3, 0.4) is 0 Å². The first-order chi connectivity index (χ1) is 18.2. The summed E-state index contributed by atoms with van der Waals surface area (Å²) in [5.74, 6) is 1.66. The maximum Gasteiger partial charge on any atom is 0.302 e. The molecule has 0 radical (unpaired) electrons. The van der Waals surface area contributed by atoms with Gasteiger partial charge >= 0.3 is 11.9 Å². The van der Waals surface area contributed by atoms with E-state index in [1.165, 1.54) is 33.1 Å². The van der Waals surface area contributed by atoms with Crippen LogP contribution in [-0.2, 0) is 23.9 Å². The standard InChI is InChI=1S/C32H52N2O5/c1-10-18(2)30(37)33-28-27(38-20(4)35)17-32(7)25-15-16-31(6)23(19(3)34(8)9)13-14-24(31)22(25)11-12-26(32)29(28)39-21(5)36/h10,19,22-29H,11-17H2,1-9H3,(H,33,37)/t19-,22-,23+,24-,25-,26-,27+,28-,29+,31+,32+/m0/s1. The van der Waals surface area contributed by atoms with Crippen molar-refractivity contribution in [2.75, 3.05) is 14.1 Å². The lowest BCUT2D eigenvalue weighted by atomic mass is 9.43.